The van der Waals surface area contributed by atoms with Gasteiger partial charge in [-0.2, -0.15) is 0 Å². The standard InChI is InChI=1S/C23H30N6O3/c1-14-7-9-29(27-12-17-6-5-8-25-22(17)32-4)23(31)18(14)11-21(30)26-13-19-15(2)10-20(24)28-16(19)3/h5-6,8,10,27H,7,9,11-13H2,1-4H3,(H2,24,28)(H,26,30). The zero-order valence-electron chi connectivity index (χ0n) is 19.0. The van der Waals surface area contributed by atoms with E-state index in [1.165, 1.54) is 0 Å². The van der Waals surface area contributed by atoms with Gasteiger partial charge in [0.25, 0.3) is 5.91 Å². The Morgan fingerprint density at radius 3 is 2.78 bits per heavy atom. The van der Waals surface area contributed by atoms with Crippen molar-refractivity contribution in [3.63, 3.8) is 0 Å². The van der Waals surface area contributed by atoms with E-state index in [1.807, 2.05) is 32.9 Å². The molecule has 9 nitrogen and oxygen atoms in total. The van der Waals surface area contributed by atoms with Crippen molar-refractivity contribution in [2.24, 2.45) is 0 Å². The van der Waals surface area contributed by atoms with E-state index in [0.29, 0.717) is 43.3 Å². The molecule has 0 unspecified atom stereocenters. The van der Waals surface area contributed by atoms with Crippen molar-refractivity contribution in [3.05, 3.63) is 57.9 Å². The number of nitrogen functional groups attached to an aromatic ring is 1. The first-order chi connectivity index (χ1) is 15.3. The van der Waals surface area contributed by atoms with Gasteiger partial charge in [0.05, 0.1) is 13.5 Å². The van der Waals surface area contributed by atoms with E-state index in [1.54, 1.807) is 24.4 Å². The zero-order chi connectivity index (χ0) is 23.3. The van der Waals surface area contributed by atoms with Crippen LogP contribution in [0.4, 0.5) is 5.82 Å². The third-order valence-corrected chi connectivity index (χ3v) is 5.61. The van der Waals surface area contributed by atoms with Crippen molar-refractivity contribution >= 4 is 17.6 Å². The Balaban J connectivity index is 1.60. The van der Waals surface area contributed by atoms with Gasteiger partial charge >= 0.3 is 0 Å². The minimum absolute atomic E-state index is 0.0273. The molecule has 2 aromatic heterocycles. The van der Waals surface area contributed by atoms with Crippen molar-refractivity contribution in [2.45, 2.75) is 46.7 Å². The second-order valence-electron chi connectivity index (χ2n) is 7.85. The molecule has 0 bridgehead atoms. The molecule has 0 aromatic carbocycles. The second kappa shape index (κ2) is 10.2. The number of amides is 2. The first kappa shape index (κ1) is 23.2. The first-order valence-electron chi connectivity index (χ1n) is 10.5. The first-order valence-corrected chi connectivity index (χ1v) is 10.5. The maximum Gasteiger partial charge on any atom is 0.264 e. The van der Waals surface area contributed by atoms with Gasteiger partial charge in [0.2, 0.25) is 11.8 Å². The highest BCUT2D eigenvalue weighted by molar-refractivity contribution is 5.99. The number of carbonyl (C=O) groups is 2. The number of hydrogen-bond donors (Lipinski definition) is 3. The summed E-state index contributed by atoms with van der Waals surface area (Å²) in [6.45, 7) is 6.97. The highest BCUT2D eigenvalue weighted by atomic mass is 16.5. The molecule has 0 saturated heterocycles. The lowest BCUT2D eigenvalue weighted by Gasteiger charge is -2.30. The number of nitrogens with one attached hydrogen (secondary N) is 2. The van der Waals surface area contributed by atoms with E-state index in [4.69, 9.17) is 10.5 Å². The van der Waals surface area contributed by atoms with Crippen molar-refractivity contribution in [2.75, 3.05) is 19.4 Å². The van der Waals surface area contributed by atoms with Crippen LogP contribution < -0.4 is 21.2 Å². The van der Waals surface area contributed by atoms with E-state index in [9.17, 15) is 9.59 Å². The minimum atomic E-state index is -0.209. The number of ether oxygens (including phenoxy) is 1. The minimum Gasteiger partial charge on any atom is -0.481 e. The lowest BCUT2D eigenvalue weighted by Crippen LogP contribution is -2.47. The number of anilines is 1. The van der Waals surface area contributed by atoms with Gasteiger partial charge in [-0.25, -0.2) is 15.4 Å². The van der Waals surface area contributed by atoms with Gasteiger partial charge in [-0.3, -0.25) is 14.6 Å². The van der Waals surface area contributed by atoms with E-state index >= 15 is 0 Å². The molecule has 0 atom stereocenters. The summed E-state index contributed by atoms with van der Waals surface area (Å²) in [5, 5.41) is 4.46. The summed E-state index contributed by atoms with van der Waals surface area (Å²) in [4.78, 5) is 34.1. The van der Waals surface area contributed by atoms with Crippen LogP contribution in [0, 0.1) is 13.8 Å². The summed E-state index contributed by atoms with van der Waals surface area (Å²) in [7, 11) is 1.56. The summed E-state index contributed by atoms with van der Waals surface area (Å²) in [6, 6.07) is 5.49. The summed E-state index contributed by atoms with van der Waals surface area (Å²) in [6.07, 6.45) is 2.38. The molecule has 0 fully saturated rings. The van der Waals surface area contributed by atoms with Gasteiger partial charge in [-0.05, 0) is 50.5 Å². The van der Waals surface area contributed by atoms with Crippen LogP contribution in [0.1, 0.15) is 42.1 Å². The molecule has 0 saturated carbocycles. The van der Waals surface area contributed by atoms with Crippen LogP contribution in [0.5, 0.6) is 5.88 Å². The van der Waals surface area contributed by atoms with Crippen molar-refractivity contribution in [1.82, 2.24) is 25.7 Å². The van der Waals surface area contributed by atoms with Crippen LogP contribution in [-0.2, 0) is 22.7 Å². The number of methoxy groups -OCH3 is 1. The van der Waals surface area contributed by atoms with E-state index < -0.39 is 0 Å². The predicted octanol–water partition coefficient (Wildman–Crippen LogP) is 1.94. The Hall–Kier alpha value is -3.46. The Labute approximate surface area is 188 Å². The molecule has 3 rings (SSSR count). The highest BCUT2D eigenvalue weighted by Gasteiger charge is 2.27. The summed E-state index contributed by atoms with van der Waals surface area (Å²) in [5.41, 5.74) is 13.9. The van der Waals surface area contributed by atoms with E-state index in [2.05, 4.69) is 20.7 Å². The fourth-order valence-corrected chi connectivity index (χ4v) is 3.74. The molecule has 1 aliphatic rings. The van der Waals surface area contributed by atoms with Crippen molar-refractivity contribution < 1.29 is 14.3 Å². The van der Waals surface area contributed by atoms with Gasteiger partial charge in [0, 0.05) is 42.7 Å². The van der Waals surface area contributed by atoms with Crippen LogP contribution in [0.3, 0.4) is 0 Å². The number of nitrogens with two attached hydrogens (primary N) is 1. The number of aromatic nitrogens is 2. The van der Waals surface area contributed by atoms with Crippen LogP contribution in [0.25, 0.3) is 0 Å². The van der Waals surface area contributed by atoms with Crippen molar-refractivity contribution in [3.8, 4) is 5.88 Å². The molecule has 32 heavy (non-hydrogen) atoms. The number of hydrogen-bond acceptors (Lipinski definition) is 7. The largest absolute Gasteiger partial charge is 0.481 e. The number of aryl methyl sites for hydroxylation is 2. The number of hydrazine groups is 1. The van der Waals surface area contributed by atoms with E-state index in [-0.39, 0.29) is 18.2 Å². The molecule has 0 spiro atoms. The number of carbonyl (C=O) groups excluding carboxylic acids is 2. The topological polar surface area (TPSA) is 122 Å². The highest BCUT2D eigenvalue weighted by Crippen LogP contribution is 2.22. The third-order valence-electron chi connectivity index (χ3n) is 5.61. The molecule has 0 radical (unpaired) electrons. The van der Waals surface area contributed by atoms with Crippen LogP contribution in [0.15, 0.2) is 35.5 Å². The van der Waals surface area contributed by atoms with Crippen molar-refractivity contribution in [1.29, 1.82) is 0 Å². The van der Waals surface area contributed by atoms with Gasteiger partial charge < -0.3 is 15.8 Å². The lowest BCUT2D eigenvalue weighted by atomic mass is 9.98. The Morgan fingerprint density at radius 1 is 1.28 bits per heavy atom. The molecule has 4 N–H and O–H groups in total. The summed E-state index contributed by atoms with van der Waals surface area (Å²) < 4.78 is 5.26. The Kier molecular flexibility index (Phi) is 7.42. The molecule has 1 aliphatic heterocycles. The molecule has 2 amide bonds. The monoisotopic (exact) mass is 438 g/mol. The number of pyridine rings is 2. The number of nitrogens with zero attached hydrogens (tertiary/aromatic N) is 3. The van der Waals surface area contributed by atoms with Gasteiger partial charge in [0.1, 0.15) is 5.82 Å². The second-order valence-corrected chi connectivity index (χ2v) is 7.85. The van der Waals surface area contributed by atoms with E-state index in [0.717, 1.165) is 28.0 Å². The lowest BCUT2D eigenvalue weighted by molar-refractivity contribution is -0.133. The quantitative estimate of drug-likeness (QED) is 0.576. The average Bonchev–Trinajstić information content (AvgIpc) is 2.75. The predicted molar refractivity (Wildman–Crippen MR) is 121 cm³/mol. The third kappa shape index (κ3) is 5.42. The van der Waals surface area contributed by atoms with Gasteiger partial charge in [-0.15, -0.1) is 0 Å². The molecule has 170 valence electrons. The Bertz CT molecular complexity index is 1030. The molecular formula is C23H30N6O3. The maximum atomic E-state index is 13.0. The van der Waals surface area contributed by atoms with Crippen LogP contribution in [-0.4, -0.2) is 40.4 Å². The molecular weight excluding hydrogens is 408 g/mol. The zero-order valence-corrected chi connectivity index (χ0v) is 19.0. The maximum absolute atomic E-state index is 13.0. The van der Waals surface area contributed by atoms with Crippen LogP contribution >= 0.6 is 0 Å². The fourth-order valence-electron chi connectivity index (χ4n) is 3.74. The van der Waals surface area contributed by atoms with Gasteiger partial charge in [0.15, 0.2) is 0 Å². The van der Waals surface area contributed by atoms with Crippen LogP contribution in [0.2, 0.25) is 0 Å². The normalized spacial score (nSPS) is 14.0. The average molecular weight is 439 g/mol. The number of rotatable bonds is 8. The fraction of sp³-hybridized carbons (Fsp3) is 0.391. The smallest absolute Gasteiger partial charge is 0.264 e. The molecule has 2 aromatic rings. The SMILES string of the molecule is COc1ncccc1CNN1CCC(C)=C(CC(=O)NCc2c(C)cc(N)nc2C)C1=O. The summed E-state index contributed by atoms with van der Waals surface area (Å²) in [5.74, 6) is 0.575. The molecule has 9 heteroatoms. The van der Waals surface area contributed by atoms with Gasteiger partial charge in [-0.1, -0.05) is 11.6 Å². The molecule has 0 aliphatic carbocycles. The summed E-state index contributed by atoms with van der Waals surface area (Å²) >= 11 is 0. The molecule has 3 heterocycles. The Morgan fingerprint density at radius 2 is 2.06 bits per heavy atom.